The number of carboxylic acid groups (broad SMARTS) is 1. The Kier molecular flexibility index (Phi) is 8.67. The molecule has 0 amide bonds. The summed E-state index contributed by atoms with van der Waals surface area (Å²) in [5.41, 5.74) is -1.09. The number of ketones is 1. The summed E-state index contributed by atoms with van der Waals surface area (Å²) in [6.07, 6.45) is 2.78. The summed E-state index contributed by atoms with van der Waals surface area (Å²) in [4.78, 5) is 63.5. The van der Waals surface area contributed by atoms with Gasteiger partial charge in [-0.3, -0.25) is 9.59 Å². The van der Waals surface area contributed by atoms with E-state index in [0.29, 0.717) is 25.3 Å². The Bertz CT molecular complexity index is 1200. The topological polar surface area (TPSA) is 180 Å². The number of phenolic OH excluding ortho intramolecular Hbond substituents is 1. The number of benzene rings is 1. The number of nitrogens with zero attached hydrogens (tertiary/aromatic N) is 1. The van der Waals surface area contributed by atoms with E-state index in [-0.39, 0.29) is 65.3 Å². The standard InChI is InChI=1S/C27H33NO11/c1-26(2,25(34)37-9-5-6-10-38-28(35)36)15-11-20(30)24(21(12-15)39-23(33)8-7-22(31)32)16-13-19(29)18-14-17(16)27(18,3)4/h7-8,11-12,16-18,30H,5-6,9-10,13-14H2,1-4H3,(H,31,32)/b8-7+/t16-,17+,18-/m0/s1. The average Bonchev–Trinajstić information content (AvgIpc) is 2.83. The summed E-state index contributed by atoms with van der Waals surface area (Å²) in [7, 11) is 0. The monoisotopic (exact) mass is 547 g/mol. The predicted molar refractivity (Wildman–Crippen MR) is 134 cm³/mol. The van der Waals surface area contributed by atoms with Crippen molar-refractivity contribution in [3.05, 3.63) is 45.5 Å². The second-order valence-corrected chi connectivity index (χ2v) is 11.0. The second kappa shape index (κ2) is 11.4. The number of Topliss-reactive ketones (excluding diaryl/α,β-unsaturated/α-hetero) is 1. The molecule has 0 heterocycles. The summed E-state index contributed by atoms with van der Waals surface area (Å²) in [6.45, 7) is 6.95. The zero-order valence-corrected chi connectivity index (χ0v) is 22.3. The summed E-state index contributed by atoms with van der Waals surface area (Å²) in [6, 6.07) is 2.81. The van der Waals surface area contributed by atoms with E-state index in [1.165, 1.54) is 12.1 Å². The van der Waals surface area contributed by atoms with Crippen molar-refractivity contribution in [1.82, 2.24) is 0 Å². The number of aromatic hydroxyl groups is 1. The minimum atomic E-state index is -1.35. The van der Waals surface area contributed by atoms with Gasteiger partial charge in [0.15, 0.2) is 0 Å². The van der Waals surface area contributed by atoms with Crippen LogP contribution in [0.3, 0.4) is 0 Å². The molecule has 0 spiro atoms. The van der Waals surface area contributed by atoms with E-state index in [1.54, 1.807) is 13.8 Å². The van der Waals surface area contributed by atoms with Gasteiger partial charge in [-0.2, -0.15) is 0 Å². The van der Waals surface area contributed by atoms with Gasteiger partial charge < -0.3 is 24.5 Å². The maximum absolute atomic E-state index is 12.9. The molecule has 4 rings (SSSR count). The first-order valence-electron chi connectivity index (χ1n) is 12.6. The van der Waals surface area contributed by atoms with Crippen LogP contribution in [-0.2, 0) is 34.2 Å². The van der Waals surface area contributed by atoms with E-state index in [4.69, 9.17) is 14.6 Å². The number of rotatable bonds is 12. The molecule has 3 atom stereocenters. The van der Waals surface area contributed by atoms with Crippen molar-refractivity contribution in [2.45, 2.75) is 64.7 Å². The molecule has 2 N–H and O–H groups in total. The molecule has 3 saturated carbocycles. The van der Waals surface area contributed by atoms with E-state index in [0.717, 1.165) is 6.08 Å². The maximum atomic E-state index is 12.9. The fourth-order valence-electron chi connectivity index (χ4n) is 5.51. The lowest BCUT2D eigenvalue weighted by molar-refractivity contribution is -0.757. The van der Waals surface area contributed by atoms with Crippen LogP contribution in [0.4, 0.5) is 0 Å². The zero-order valence-electron chi connectivity index (χ0n) is 22.3. The van der Waals surface area contributed by atoms with Crippen LogP contribution >= 0.6 is 0 Å². The van der Waals surface area contributed by atoms with E-state index >= 15 is 0 Å². The van der Waals surface area contributed by atoms with Crippen molar-refractivity contribution in [1.29, 1.82) is 0 Å². The third kappa shape index (κ3) is 6.37. The van der Waals surface area contributed by atoms with E-state index in [9.17, 15) is 34.4 Å². The highest BCUT2D eigenvalue weighted by molar-refractivity contribution is 5.92. The van der Waals surface area contributed by atoms with Crippen LogP contribution in [0.25, 0.3) is 0 Å². The van der Waals surface area contributed by atoms with Crippen LogP contribution in [0.15, 0.2) is 24.3 Å². The molecule has 0 unspecified atom stereocenters. The molecule has 212 valence electrons. The number of esters is 2. The molecule has 1 aromatic rings. The van der Waals surface area contributed by atoms with E-state index < -0.39 is 34.3 Å². The van der Waals surface area contributed by atoms with Crippen LogP contribution in [-0.4, -0.2) is 52.2 Å². The molecule has 0 aromatic heterocycles. The predicted octanol–water partition coefficient (Wildman–Crippen LogP) is 3.47. The Morgan fingerprint density at radius 1 is 1.18 bits per heavy atom. The first-order chi connectivity index (χ1) is 18.2. The highest BCUT2D eigenvalue weighted by Gasteiger charge is 2.59. The van der Waals surface area contributed by atoms with Gasteiger partial charge in [0.05, 0.1) is 18.6 Å². The highest BCUT2D eigenvalue weighted by atomic mass is 16.9. The fourth-order valence-corrected chi connectivity index (χ4v) is 5.51. The lowest BCUT2D eigenvalue weighted by atomic mass is 9.44. The number of phenols is 1. The van der Waals surface area contributed by atoms with Crippen molar-refractivity contribution in [2.75, 3.05) is 13.2 Å². The maximum Gasteiger partial charge on any atom is 0.336 e. The lowest BCUT2D eigenvalue weighted by Crippen LogP contribution is -2.56. The molecule has 12 heteroatoms. The molecular weight excluding hydrogens is 514 g/mol. The molecule has 2 bridgehead atoms. The molecule has 12 nitrogen and oxygen atoms in total. The molecule has 3 fully saturated rings. The Balaban J connectivity index is 1.89. The van der Waals surface area contributed by atoms with Gasteiger partial charge in [-0.1, -0.05) is 13.8 Å². The highest BCUT2D eigenvalue weighted by Crippen LogP contribution is 2.64. The van der Waals surface area contributed by atoms with Crippen LogP contribution in [0.5, 0.6) is 11.5 Å². The first-order valence-corrected chi connectivity index (χ1v) is 12.6. The Labute approximate surface area is 225 Å². The molecule has 3 aliphatic carbocycles. The number of ether oxygens (including phenoxy) is 2. The van der Waals surface area contributed by atoms with Crippen molar-refractivity contribution in [3.63, 3.8) is 0 Å². The molecule has 0 saturated heterocycles. The SMILES string of the molecule is CC(C)(C(=O)OCCCCO[N+](=O)[O-])c1cc(O)c([C@H]2CC(=O)[C@@H]3C[C@H]2C3(C)C)c(OC(=O)/C=C/C(=O)O)c1. The van der Waals surface area contributed by atoms with Crippen molar-refractivity contribution in [3.8, 4) is 11.5 Å². The third-order valence-corrected chi connectivity index (χ3v) is 7.90. The van der Waals surface area contributed by atoms with Crippen molar-refractivity contribution >= 4 is 23.7 Å². The van der Waals surface area contributed by atoms with Gasteiger partial charge >= 0.3 is 17.9 Å². The quantitative estimate of drug-likeness (QED) is 0.0977. The fraction of sp³-hybridized carbons (Fsp3) is 0.556. The lowest BCUT2D eigenvalue weighted by Gasteiger charge is -2.59. The normalized spacial score (nSPS) is 21.6. The van der Waals surface area contributed by atoms with Crippen LogP contribution < -0.4 is 4.74 Å². The summed E-state index contributed by atoms with van der Waals surface area (Å²) >= 11 is 0. The summed E-state index contributed by atoms with van der Waals surface area (Å²) in [5, 5.41) is 29.3. The number of hydrogen-bond donors (Lipinski definition) is 2. The van der Waals surface area contributed by atoms with Gasteiger partial charge in [0.25, 0.3) is 5.09 Å². The summed E-state index contributed by atoms with van der Waals surface area (Å²) < 4.78 is 10.8. The smallest absolute Gasteiger partial charge is 0.336 e. The Morgan fingerprint density at radius 3 is 2.44 bits per heavy atom. The molecule has 3 aliphatic rings. The van der Waals surface area contributed by atoms with Crippen molar-refractivity contribution in [2.24, 2.45) is 17.3 Å². The Hall–Kier alpha value is -3.96. The van der Waals surface area contributed by atoms with Crippen LogP contribution in [0.2, 0.25) is 0 Å². The molecule has 0 aliphatic heterocycles. The number of carboxylic acids is 1. The first kappa shape index (κ1) is 29.6. The number of carbonyl (C=O) groups excluding carboxylic acids is 3. The molecule has 1 aromatic carbocycles. The van der Waals surface area contributed by atoms with E-state index in [1.807, 2.05) is 13.8 Å². The van der Waals surface area contributed by atoms with Gasteiger partial charge in [0, 0.05) is 36.0 Å². The number of fused-ring (bicyclic) bond motifs is 2. The zero-order chi connectivity index (χ0) is 29.1. The van der Waals surface area contributed by atoms with Crippen LogP contribution in [0, 0.1) is 27.4 Å². The van der Waals surface area contributed by atoms with Gasteiger partial charge in [-0.15, -0.1) is 10.1 Å². The average molecular weight is 548 g/mol. The Morgan fingerprint density at radius 2 is 1.85 bits per heavy atom. The molecule has 0 radical (unpaired) electrons. The third-order valence-electron chi connectivity index (χ3n) is 7.90. The minimum absolute atomic E-state index is 0.0165. The number of carbonyl (C=O) groups is 4. The van der Waals surface area contributed by atoms with Crippen molar-refractivity contribution < 1.29 is 48.8 Å². The number of unbranched alkanes of at least 4 members (excludes halogenated alkanes) is 1. The number of aliphatic carboxylic acids is 1. The van der Waals surface area contributed by atoms with Gasteiger partial charge in [-0.05, 0) is 62.1 Å². The minimum Gasteiger partial charge on any atom is -0.508 e. The van der Waals surface area contributed by atoms with Gasteiger partial charge in [-0.25, -0.2) is 9.59 Å². The molecular formula is C27H33NO11. The van der Waals surface area contributed by atoms with Gasteiger partial charge in [0.1, 0.15) is 17.3 Å². The molecule has 39 heavy (non-hydrogen) atoms. The van der Waals surface area contributed by atoms with Gasteiger partial charge in [0.2, 0.25) is 0 Å². The van der Waals surface area contributed by atoms with E-state index in [2.05, 4.69) is 4.84 Å². The second-order valence-electron chi connectivity index (χ2n) is 11.0. The largest absolute Gasteiger partial charge is 0.508 e. The summed E-state index contributed by atoms with van der Waals surface area (Å²) in [5.74, 6) is -3.72. The van der Waals surface area contributed by atoms with Crippen LogP contribution in [0.1, 0.15) is 70.4 Å². The number of hydrogen-bond acceptors (Lipinski definition) is 10.